The van der Waals surface area contributed by atoms with Crippen LogP contribution in [0.15, 0.2) is 0 Å². The highest BCUT2D eigenvalue weighted by molar-refractivity contribution is 5.78. The lowest BCUT2D eigenvalue weighted by atomic mass is 9.71. The number of nitrogens with zero attached hydrogens (tertiary/aromatic N) is 1. The number of hydrogen-bond acceptors (Lipinski definition) is 2. The fourth-order valence-corrected chi connectivity index (χ4v) is 2.77. The molecule has 21 heavy (non-hydrogen) atoms. The van der Waals surface area contributed by atoms with Crippen molar-refractivity contribution in [2.24, 2.45) is 11.3 Å². The Kier molecular flexibility index (Phi) is 6.54. The summed E-state index contributed by atoms with van der Waals surface area (Å²) in [5.41, 5.74) is -0.823. The second kappa shape index (κ2) is 7.92. The molecule has 0 heterocycles. The molecule has 0 spiro atoms. The van der Waals surface area contributed by atoms with Crippen LogP contribution in [-0.4, -0.2) is 41.6 Å². The van der Waals surface area contributed by atoms with Crippen molar-refractivity contribution in [3.8, 4) is 12.3 Å². The fraction of sp³-hybridized carbons (Fsp3) is 0.750. The van der Waals surface area contributed by atoms with Crippen LogP contribution in [0.1, 0.15) is 46.0 Å². The van der Waals surface area contributed by atoms with Gasteiger partial charge in [-0.1, -0.05) is 19.8 Å². The summed E-state index contributed by atoms with van der Waals surface area (Å²) >= 11 is 0. The zero-order valence-electron chi connectivity index (χ0n) is 13.0. The summed E-state index contributed by atoms with van der Waals surface area (Å²) in [6.07, 6.45) is 9.10. The molecule has 0 aromatic carbocycles. The lowest BCUT2D eigenvalue weighted by molar-refractivity contribution is -0.151. The predicted molar refractivity (Wildman–Crippen MR) is 81.8 cm³/mol. The van der Waals surface area contributed by atoms with Crippen LogP contribution in [-0.2, 0) is 4.79 Å². The molecule has 0 aromatic heterocycles. The molecule has 1 fully saturated rings. The average molecular weight is 294 g/mol. The van der Waals surface area contributed by atoms with E-state index in [1.165, 1.54) is 0 Å². The van der Waals surface area contributed by atoms with Crippen molar-refractivity contribution in [1.29, 1.82) is 0 Å². The number of rotatable bonds is 6. The lowest BCUT2D eigenvalue weighted by Gasteiger charge is -2.36. The summed E-state index contributed by atoms with van der Waals surface area (Å²) < 4.78 is 0. The van der Waals surface area contributed by atoms with E-state index in [-0.39, 0.29) is 19.1 Å². The quantitative estimate of drug-likeness (QED) is 0.739. The van der Waals surface area contributed by atoms with E-state index in [9.17, 15) is 14.7 Å². The Morgan fingerprint density at radius 2 is 2.05 bits per heavy atom. The first-order valence-electron chi connectivity index (χ1n) is 7.65. The fourth-order valence-electron chi connectivity index (χ4n) is 2.77. The molecule has 1 saturated carbocycles. The molecule has 0 unspecified atom stereocenters. The van der Waals surface area contributed by atoms with Crippen molar-refractivity contribution < 1.29 is 14.7 Å². The summed E-state index contributed by atoms with van der Waals surface area (Å²) in [4.78, 5) is 25.3. The normalized spacial score (nSPS) is 24.9. The van der Waals surface area contributed by atoms with Crippen LogP contribution in [0.4, 0.5) is 4.79 Å². The zero-order valence-corrected chi connectivity index (χ0v) is 13.0. The van der Waals surface area contributed by atoms with Crippen LogP contribution in [0.3, 0.4) is 0 Å². The lowest BCUT2D eigenvalue weighted by Crippen LogP contribution is -2.49. The van der Waals surface area contributed by atoms with Gasteiger partial charge in [0.05, 0.1) is 12.0 Å². The standard InChI is InChI=1S/C16H26N2O3/c1-4-10-18(11-5-2)15(21)17-12-16(14(19)20)8-6-13(3)7-9-16/h1,13H,5-12H2,2-3H3,(H,17,21)(H,19,20). The maximum atomic E-state index is 12.1. The molecule has 0 aromatic rings. The number of terminal acetylenes is 1. The molecule has 0 saturated heterocycles. The molecule has 5 heteroatoms. The van der Waals surface area contributed by atoms with E-state index in [4.69, 9.17) is 6.42 Å². The van der Waals surface area contributed by atoms with Gasteiger partial charge in [-0.25, -0.2) is 4.79 Å². The number of nitrogens with one attached hydrogen (secondary N) is 1. The van der Waals surface area contributed by atoms with Crippen molar-refractivity contribution in [3.05, 3.63) is 0 Å². The maximum absolute atomic E-state index is 12.1. The van der Waals surface area contributed by atoms with Crippen molar-refractivity contribution in [2.45, 2.75) is 46.0 Å². The smallest absolute Gasteiger partial charge is 0.318 e. The molecule has 0 bridgehead atoms. The van der Waals surface area contributed by atoms with E-state index in [0.717, 1.165) is 19.3 Å². The van der Waals surface area contributed by atoms with Gasteiger partial charge in [0.2, 0.25) is 0 Å². The van der Waals surface area contributed by atoms with Gasteiger partial charge in [-0.2, -0.15) is 0 Å². The SMILES string of the molecule is C#CCN(CCC)C(=O)NCC1(C(=O)O)CCC(C)CC1. The van der Waals surface area contributed by atoms with Crippen LogP contribution in [0.2, 0.25) is 0 Å². The second-order valence-corrected chi connectivity index (χ2v) is 6.05. The summed E-state index contributed by atoms with van der Waals surface area (Å²) in [7, 11) is 0. The highest BCUT2D eigenvalue weighted by Gasteiger charge is 2.41. The van der Waals surface area contributed by atoms with E-state index in [1.54, 1.807) is 4.90 Å². The minimum atomic E-state index is -0.823. The monoisotopic (exact) mass is 294 g/mol. The van der Waals surface area contributed by atoms with Gasteiger partial charge in [0, 0.05) is 13.1 Å². The molecule has 118 valence electrons. The first-order valence-corrected chi connectivity index (χ1v) is 7.65. The Morgan fingerprint density at radius 3 is 2.52 bits per heavy atom. The molecule has 2 N–H and O–H groups in total. The van der Waals surface area contributed by atoms with Crippen molar-refractivity contribution in [1.82, 2.24) is 10.2 Å². The van der Waals surface area contributed by atoms with Crippen molar-refractivity contribution in [3.63, 3.8) is 0 Å². The molecular formula is C16H26N2O3. The van der Waals surface area contributed by atoms with Crippen LogP contribution in [0.5, 0.6) is 0 Å². The average Bonchev–Trinajstić information content (AvgIpc) is 2.46. The van der Waals surface area contributed by atoms with Gasteiger partial charge in [-0.05, 0) is 38.0 Å². The van der Waals surface area contributed by atoms with Crippen LogP contribution in [0.25, 0.3) is 0 Å². The first-order chi connectivity index (χ1) is 9.95. The number of carboxylic acids is 1. The van der Waals surface area contributed by atoms with Crippen molar-refractivity contribution >= 4 is 12.0 Å². The molecule has 1 rings (SSSR count). The maximum Gasteiger partial charge on any atom is 0.318 e. The molecule has 2 amide bonds. The number of carbonyl (C=O) groups excluding carboxylic acids is 1. The third-order valence-electron chi connectivity index (χ3n) is 4.33. The minimum Gasteiger partial charge on any atom is -0.481 e. The molecule has 1 aliphatic carbocycles. The van der Waals surface area contributed by atoms with Gasteiger partial charge >= 0.3 is 12.0 Å². The summed E-state index contributed by atoms with van der Waals surface area (Å²) in [6, 6.07) is -0.269. The molecule has 0 atom stereocenters. The number of carbonyl (C=O) groups is 2. The predicted octanol–water partition coefficient (Wildman–Crippen LogP) is 2.32. The Balaban J connectivity index is 2.63. The van der Waals surface area contributed by atoms with Gasteiger partial charge in [-0.3, -0.25) is 4.79 Å². The van der Waals surface area contributed by atoms with Gasteiger partial charge < -0.3 is 15.3 Å². The highest BCUT2D eigenvalue weighted by Crippen LogP contribution is 2.38. The topological polar surface area (TPSA) is 69.6 Å². The molecule has 1 aliphatic rings. The Hall–Kier alpha value is -1.70. The minimum absolute atomic E-state index is 0.179. The summed E-state index contributed by atoms with van der Waals surface area (Å²) in [6.45, 7) is 5.11. The van der Waals surface area contributed by atoms with Crippen LogP contribution < -0.4 is 5.32 Å². The number of aliphatic carboxylic acids is 1. The van der Waals surface area contributed by atoms with Crippen LogP contribution >= 0.6 is 0 Å². The van der Waals surface area contributed by atoms with E-state index in [1.807, 2.05) is 6.92 Å². The van der Waals surface area contributed by atoms with Crippen LogP contribution in [0, 0.1) is 23.7 Å². The van der Waals surface area contributed by atoms with Gasteiger partial charge in [0.25, 0.3) is 0 Å². The van der Waals surface area contributed by atoms with E-state index in [2.05, 4.69) is 18.2 Å². The first kappa shape index (κ1) is 17.4. The summed E-state index contributed by atoms with van der Waals surface area (Å²) in [5.74, 6) is 2.21. The van der Waals surface area contributed by atoms with Gasteiger partial charge in [0.1, 0.15) is 0 Å². The largest absolute Gasteiger partial charge is 0.481 e. The van der Waals surface area contributed by atoms with Gasteiger partial charge in [0.15, 0.2) is 0 Å². The third-order valence-corrected chi connectivity index (χ3v) is 4.33. The highest BCUT2D eigenvalue weighted by atomic mass is 16.4. The molecule has 0 radical (unpaired) electrons. The van der Waals surface area contributed by atoms with E-state index >= 15 is 0 Å². The molecular weight excluding hydrogens is 268 g/mol. The number of amides is 2. The Labute approximate surface area is 127 Å². The molecule has 0 aliphatic heterocycles. The number of carboxylic acid groups (broad SMARTS) is 1. The Bertz CT molecular complexity index is 406. The second-order valence-electron chi connectivity index (χ2n) is 6.05. The van der Waals surface area contributed by atoms with Crippen molar-refractivity contribution in [2.75, 3.05) is 19.6 Å². The molecule has 5 nitrogen and oxygen atoms in total. The van der Waals surface area contributed by atoms with E-state index in [0.29, 0.717) is 25.3 Å². The Morgan fingerprint density at radius 1 is 1.43 bits per heavy atom. The third kappa shape index (κ3) is 4.66. The summed E-state index contributed by atoms with van der Waals surface area (Å²) in [5, 5.41) is 12.3. The number of urea groups is 1. The van der Waals surface area contributed by atoms with Gasteiger partial charge in [-0.15, -0.1) is 6.42 Å². The van der Waals surface area contributed by atoms with E-state index < -0.39 is 11.4 Å². The number of hydrogen-bond donors (Lipinski definition) is 2. The zero-order chi connectivity index (χ0) is 15.9.